The number of para-hydroxylation sites is 1. The second-order valence-corrected chi connectivity index (χ2v) is 7.57. The Labute approximate surface area is 147 Å². The quantitative estimate of drug-likeness (QED) is 0.704. The van der Waals surface area contributed by atoms with Crippen LogP contribution >= 0.6 is 23.1 Å². The molecule has 3 aromatic rings. The van der Waals surface area contributed by atoms with E-state index in [1.165, 1.54) is 23.1 Å². The van der Waals surface area contributed by atoms with Crippen LogP contribution in [0.4, 0.5) is 5.13 Å². The van der Waals surface area contributed by atoms with Gasteiger partial charge in [-0.05, 0) is 32.9 Å². The third kappa shape index (κ3) is 3.62. The Bertz CT molecular complexity index is 845. The van der Waals surface area contributed by atoms with Crippen molar-refractivity contribution in [3.63, 3.8) is 0 Å². The van der Waals surface area contributed by atoms with Crippen LogP contribution in [0.25, 0.3) is 5.69 Å². The van der Waals surface area contributed by atoms with Gasteiger partial charge in [-0.25, -0.2) is 0 Å². The van der Waals surface area contributed by atoms with E-state index in [1.54, 1.807) is 0 Å². The lowest BCUT2D eigenvalue weighted by atomic mass is 10.3. The Hall–Kier alpha value is -2.26. The van der Waals surface area contributed by atoms with Crippen molar-refractivity contribution in [1.29, 1.82) is 0 Å². The second-order valence-electron chi connectivity index (χ2n) is 5.08. The number of carbonyl (C=O) groups is 1. The van der Waals surface area contributed by atoms with Crippen molar-refractivity contribution < 1.29 is 4.79 Å². The highest BCUT2D eigenvalue weighted by Crippen LogP contribution is 2.26. The lowest BCUT2D eigenvalue weighted by molar-refractivity contribution is -0.115. The molecule has 9 heteroatoms. The van der Waals surface area contributed by atoms with Gasteiger partial charge in [0.2, 0.25) is 11.0 Å². The number of aryl methyl sites for hydroxylation is 2. The van der Waals surface area contributed by atoms with Gasteiger partial charge in [-0.2, -0.15) is 0 Å². The van der Waals surface area contributed by atoms with Gasteiger partial charge in [0.25, 0.3) is 0 Å². The maximum absolute atomic E-state index is 12.3. The van der Waals surface area contributed by atoms with Crippen LogP contribution in [0.2, 0.25) is 0 Å². The molecule has 7 nitrogen and oxygen atoms in total. The summed E-state index contributed by atoms with van der Waals surface area (Å²) in [5.41, 5.74) is 0.967. The number of rotatable bonds is 5. The molecule has 2 heterocycles. The molecule has 1 unspecified atom stereocenters. The smallest absolute Gasteiger partial charge is 0.239 e. The summed E-state index contributed by atoms with van der Waals surface area (Å²) in [6, 6.07) is 9.83. The molecule has 0 saturated carbocycles. The average molecular weight is 360 g/mol. The van der Waals surface area contributed by atoms with Gasteiger partial charge in [0.1, 0.15) is 10.8 Å². The van der Waals surface area contributed by atoms with Crippen LogP contribution in [0.15, 0.2) is 35.5 Å². The number of anilines is 1. The third-order valence-corrected chi connectivity index (χ3v) is 5.01. The highest BCUT2D eigenvalue weighted by atomic mass is 32.2. The topological polar surface area (TPSA) is 85.6 Å². The number of hydrogen-bond donors (Lipinski definition) is 1. The van der Waals surface area contributed by atoms with Gasteiger partial charge in [-0.1, -0.05) is 41.3 Å². The highest BCUT2D eigenvalue weighted by Gasteiger charge is 2.20. The molecule has 2 aromatic heterocycles. The number of nitrogens with one attached hydrogen (secondary N) is 1. The molecular weight excluding hydrogens is 344 g/mol. The lowest BCUT2D eigenvalue weighted by Crippen LogP contribution is -2.22. The Morgan fingerprint density at radius 1 is 1.17 bits per heavy atom. The van der Waals surface area contributed by atoms with E-state index in [-0.39, 0.29) is 11.2 Å². The molecule has 24 heavy (non-hydrogen) atoms. The van der Waals surface area contributed by atoms with Gasteiger partial charge in [-0.3, -0.25) is 14.7 Å². The van der Waals surface area contributed by atoms with Crippen molar-refractivity contribution in [2.75, 3.05) is 5.32 Å². The molecule has 1 aromatic carbocycles. The van der Waals surface area contributed by atoms with Crippen LogP contribution in [-0.4, -0.2) is 36.1 Å². The van der Waals surface area contributed by atoms with E-state index in [0.717, 1.165) is 16.5 Å². The molecule has 0 bridgehead atoms. The molecule has 1 amide bonds. The SMILES string of the molecule is Cc1nnc(NC(=O)C(C)Sc2nnc(C)n2-c2ccccc2)s1. The summed E-state index contributed by atoms with van der Waals surface area (Å²) in [7, 11) is 0. The maximum Gasteiger partial charge on any atom is 0.239 e. The van der Waals surface area contributed by atoms with Crippen LogP contribution in [0.1, 0.15) is 17.8 Å². The zero-order valence-electron chi connectivity index (χ0n) is 13.4. The van der Waals surface area contributed by atoms with E-state index in [1.807, 2.05) is 55.7 Å². The van der Waals surface area contributed by atoms with Crippen LogP contribution in [-0.2, 0) is 4.79 Å². The monoisotopic (exact) mass is 360 g/mol. The third-order valence-electron chi connectivity index (χ3n) is 3.22. The van der Waals surface area contributed by atoms with Gasteiger partial charge in [0.15, 0.2) is 5.16 Å². The van der Waals surface area contributed by atoms with Crippen molar-refractivity contribution in [3.05, 3.63) is 41.2 Å². The first kappa shape index (κ1) is 16.6. The number of aromatic nitrogens is 5. The predicted octanol–water partition coefficient (Wildman–Crippen LogP) is 2.85. The van der Waals surface area contributed by atoms with Gasteiger partial charge in [0, 0.05) is 5.69 Å². The molecule has 0 aliphatic heterocycles. The van der Waals surface area contributed by atoms with Crippen molar-refractivity contribution in [2.45, 2.75) is 31.2 Å². The fourth-order valence-corrected chi connectivity index (χ4v) is 3.57. The van der Waals surface area contributed by atoms with E-state index in [9.17, 15) is 4.79 Å². The second kappa shape index (κ2) is 7.10. The summed E-state index contributed by atoms with van der Waals surface area (Å²) in [5.74, 6) is 0.632. The minimum Gasteiger partial charge on any atom is -0.300 e. The van der Waals surface area contributed by atoms with E-state index in [0.29, 0.717) is 10.3 Å². The average Bonchev–Trinajstić information content (AvgIpc) is 3.14. The summed E-state index contributed by atoms with van der Waals surface area (Å²) >= 11 is 2.70. The molecule has 0 saturated heterocycles. The minimum atomic E-state index is -0.347. The van der Waals surface area contributed by atoms with Crippen LogP contribution in [0.5, 0.6) is 0 Å². The zero-order valence-corrected chi connectivity index (χ0v) is 15.1. The van der Waals surface area contributed by atoms with Gasteiger partial charge in [-0.15, -0.1) is 20.4 Å². The van der Waals surface area contributed by atoms with Crippen molar-refractivity contribution in [2.24, 2.45) is 0 Å². The molecule has 0 fully saturated rings. The van der Waals surface area contributed by atoms with E-state index >= 15 is 0 Å². The first-order chi connectivity index (χ1) is 11.5. The number of thioether (sulfide) groups is 1. The molecule has 0 spiro atoms. The molecule has 124 valence electrons. The summed E-state index contributed by atoms with van der Waals surface area (Å²) in [5, 5.41) is 20.5. The number of nitrogens with zero attached hydrogens (tertiary/aromatic N) is 5. The van der Waals surface area contributed by atoms with Gasteiger partial charge >= 0.3 is 0 Å². The number of amides is 1. The Morgan fingerprint density at radius 2 is 1.92 bits per heavy atom. The number of hydrogen-bond acceptors (Lipinski definition) is 7. The number of benzene rings is 1. The van der Waals surface area contributed by atoms with Crippen molar-refractivity contribution in [1.82, 2.24) is 25.0 Å². The van der Waals surface area contributed by atoms with Crippen molar-refractivity contribution >= 4 is 34.1 Å². The normalized spacial score (nSPS) is 12.1. The Kier molecular flexibility index (Phi) is 4.91. The first-order valence-electron chi connectivity index (χ1n) is 7.29. The predicted molar refractivity (Wildman–Crippen MR) is 94.7 cm³/mol. The van der Waals surface area contributed by atoms with Crippen LogP contribution in [0, 0.1) is 13.8 Å². The summed E-state index contributed by atoms with van der Waals surface area (Å²) in [4.78, 5) is 12.3. The van der Waals surface area contributed by atoms with Crippen molar-refractivity contribution in [3.8, 4) is 5.69 Å². The van der Waals surface area contributed by atoms with E-state index < -0.39 is 0 Å². The summed E-state index contributed by atoms with van der Waals surface area (Å²) in [6.45, 7) is 5.56. The number of carbonyl (C=O) groups excluding carboxylic acids is 1. The van der Waals surface area contributed by atoms with E-state index in [4.69, 9.17) is 0 Å². The largest absolute Gasteiger partial charge is 0.300 e. The molecule has 0 aliphatic rings. The zero-order chi connectivity index (χ0) is 17.1. The molecular formula is C15H16N6OS2. The lowest BCUT2D eigenvalue weighted by Gasteiger charge is -2.12. The van der Waals surface area contributed by atoms with E-state index in [2.05, 4.69) is 25.7 Å². The maximum atomic E-state index is 12.3. The standard InChI is InChI=1S/C15H16N6OS2/c1-9(13(22)16-14-19-18-11(3)24-14)23-15-20-17-10(2)21(15)12-7-5-4-6-8-12/h4-9H,1-3H3,(H,16,19,22). The highest BCUT2D eigenvalue weighted by molar-refractivity contribution is 8.00. The molecule has 1 atom stereocenters. The van der Waals surface area contributed by atoms with Crippen LogP contribution in [0.3, 0.4) is 0 Å². The molecule has 1 N–H and O–H groups in total. The molecule has 3 rings (SSSR count). The van der Waals surface area contributed by atoms with Gasteiger partial charge < -0.3 is 0 Å². The first-order valence-corrected chi connectivity index (χ1v) is 8.99. The Morgan fingerprint density at radius 3 is 2.58 bits per heavy atom. The van der Waals surface area contributed by atoms with Gasteiger partial charge in [0.05, 0.1) is 5.25 Å². The van der Waals surface area contributed by atoms with Crippen LogP contribution < -0.4 is 5.32 Å². The molecule has 0 radical (unpaired) electrons. The Balaban J connectivity index is 1.75. The fraction of sp³-hybridized carbons (Fsp3) is 0.267. The summed E-state index contributed by atoms with van der Waals surface area (Å²) in [6.07, 6.45) is 0. The minimum absolute atomic E-state index is 0.142. The summed E-state index contributed by atoms with van der Waals surface area (Å²) < 4.78 is 1.93. The molecule has 0 aliphatic carbocycles. The fourth-order valence-electron chi connectivity index (χ4n) is 2.06.